The van der Waals surface area contributed by atoms with Gasteiger partial charge in [-0.2, -0.15) is 0 Å². The quantitative estimate of drug-likeness (QED) is 0.733. The summed E-state index contributed by atoms with van der Waals surface area (Å²) >= 11 is 5.96. The number of halogens is 1. The minimum Gasteiger partial charge on any atom is -0.465 e. The van der Waals surface area contributed by atoms with Crippen LogP contribution in [-0.2, 0) is 16.1 Å². The van der Waals surface area contributed by atoms with Gasteiger partial charge in [0.1, 0.15) is 0 Å². The molecular formula is C22H26ClN3O3. The van der Waals surface area contributed by atoms with Gasteiger partial charge in [-0.1, -0.05) is 29.8 Å². The van der Waals surface area contributed by atoms with E-state index in [1.54, 1.807) is 24.3 Å². The molecule has 1 N–H and O–H groups in total. The summed E-state index contributed by atoms with van der Waals surface area (Å²) in [5.41, 5.74) is 2.25. The van der Waals surface area contributed by atoms with E-state index in [0.29, 0.717) is 17.8 Å². The van der Waals surface area contributed by atoms with E-state index in [4.69, 9.17) is 16.3 Å². The molecule has 0 aliphatic carbocycles. The van der Waals surface area contributed by atoms with Crippen LogP contribution in [-0.4, -0.2) is 61.5 Å². The standard InChI is InChI=1S/C22H26ClN3O3/c1-29-22(28)18-4-2-5-20(14-18)24-21(27)16-26-11-3-10-25(12-13-26)15-17-6-8-19(23)9-7-17/h2,4-9,14H,3,10-13,15-16H2,1H3,(H,24,27). The molecule has 0 saturated carbocycles. The van der Waals surface area contributed by atoms with Crippen molar-refractivity contribution in [1.82, 2.24) is 9.80 Å². The zero-order valence-corrected chi connectivity index (χ0v) is 17.3. The molecule has 154 valence electrons. The lowest BCUT2D eigenvalue weighted by Gasteiger charge is -2.21. The van der Waals surface area contributed by atoms with Gasteiger partial charge in [-0.05, 0) is 55.4 Å². The SMILES string of the molecule is COC(=O)c1cccc(NC(=O)CN2CCCN(Cc3ccc(Cl)cc3)CC2)c1. The lowest BCUT2D eigenvalue weighted by atomic mass is 10.2. The van der Waals surface area contributed by atoms with E-state index in [-0.39, 0.29) is 5.91 Å². The molecular weight excluding hydrogens is 390 g/mol. The van der Waals surface area contributed by atoms with Gasteiger partial charge in [-0.15, -0.1) is 0 Å². The first-order valence-electron chi connectivity index (χ1n) is 9.71. The lowest BCUT2D eigenvalue weighted by molar-refractivity contribution is -0.117. The van der Waals surface area contributed by atoms with Crippen molar-refractivity contribution in [2.75, 3.05) is 45.2 Å². The van der Waals surface area contributed by atoms with Crippen LogP contribution < -0.4 is 5.32 Å². The Balaban J connectivity index is 1.49. The average molecular weight is 416 g/mol. The van der Waals surface area contributed by atoms with Gasteiger partial charge in [0, 0.05) is 30.3 Å². The molecule has 7 heteroatoms. The van der Waals surface area contributed by atoms with Crippen LogP contribution in [0.2, 0.25) is 5.02 Å². The number of methoxy groups -OCH3 is 1. The summed E-state index contributed by atoms with van der Waals surface area (Å²) in [7, 11) is 1.34. The summed E-state index contributed by atoms with van der Waals surface area (Å²) in [6.07, 6.45) is 1.01. The van der Waals surface area contributed by atoms with Crippen molar-refractivity contribution >= 4 is 29.2 Å². The third kappa shape index (κ3) is 6.56. The van der Waals surface area contributed by atoms with E-state index < -0.39 is 5.97 Å². The van der Waals surface area contributed by atoms with E-state index in [1.165, 1.54) is 12.7 Å². The van der Waals surface area contributed by atoms with E-state index in [2.05, 4.69) is 27.2 Å². The third-order valence-corrected chi connectivity index (χ3v) is 5.19. The molecule has 1 aliphatic heterocycles. The molecule has 2 aromatic carbocycles. The molecule has 1 fully saturated rings. The highest BCUT2D eigenvalue weighted by atomic mass is 35.5. The number of anilines is 1. The first-order valence-corrected chi connectivity index (χ1v) is 10.1. The van der Waals surface area contributed by atoms with Crippen LogP contribution in [0.4, 0.5) is 5.69 Å². The molecule has 1 amide bonds. The number of rotatable bonds is 6. The Morgan fingerprint density at radius 2 is 1.76 bits per heavy atom. The molecule has 29 heavy (non-hydrogen) atoms. The summed E-state index contributed by atoms with van der Waals surface area (Å²) in [6, 6.07) is 14.7. The molecule has 1 aliphatic rings. The minimum absolute atomic E-state index is 0.0850. The van der Waals surface area contributed by atoms with E-state index in [9.17, 15) is 9.59 Å². The molecule has 6 nitrogen and oxygen atoms in total. The molecule has 0 bridgehead atoms. The van der Waals surface area contributed by atoms with Crippen molar-refractivity contribution in [3.05, 3.63) is 64.7 Å². The van der Waals surface area contributed by atoms with Gasteiger partial charge in [0.05, 0.1) is 19.2 Å². The predicted molar refractivity (Wildman–Crippen MR) is 114 cm³/mol. The third-order valence-electron chi connectivity index (χ3n) is 4.94. The van der Waals surface area contributed by atoms with Crippen molar-refractivity contribution in [1.29, 1.82) is 0 Å². The Bertz CT molecular complexity index is 841. The highest BCUT2D eigenvalue weighted by molar-refractivity contribution is 6.30. The van der Waals surface area contributed by atoms with Crippen LogP contribution in [0.15, 0.2) is 48.5 Å². The molecule has 0 spiro atoms. The Labute approximate surface area is 176 Å². The summed E-state index contributed by atoms with van der Waals surface area (Å²) in [5, 5.41) is 3.62. The Kier molecular flexibility index (Phi) is 7.63. The predicted octanol–water partition coefficient (Wildman–Crippen LogP) is 3.27. The largest absolute Gasteiger partial charge is 0.465 e. The molecule has 0 unspecified atom stereocenters. The Morgan fingerprint density at radius 3 is 2.52 bits per heavy atom. The number of esters is 1. The number of nitrogens with zero attached hydrogens (tertiary/aromatic N) is 2. The van der Waals surface area contributed by atoms with Crippen LogP contribution in [0.25, 0.3) is 0 Å². The minimum atomic E-state index is -0.422. The topological polar surface area (TPSA) is 61.9 Å². The molecule has 1 heterocycles. The second-order valence-electron chi connectivity index (χ2n) is 7.15. The number of ether oxygens (including phenoxy) is 1. The fourth-order valence-electron chi connectivity index (χ4n) is 3.43. The van der Waals surface area contributed by atoms with Gasteiger partial charge < -0.3 is 10.1 Å². The van der Waals surface area contributed by atoms with E-state index in [1.807, 2.05) is 12.1 Å². The smallest absolute Gasteiger partial charge is 0.337 e. The van der Waals surface area contributed by atoms with Crippen LogP contribution in [0, 0.1) is 0 Å². The number of carbonyl (C=O) groups excluding carboxylic acids is 2. The van der Waals surface area contributed by atoms with Gasteiger partial charge in [0.15, 0.2) is 0 Å². The van der Waals surface area contributed by atoms with Crippen molar-refractivity contribution in [2.45, 2.75) is 13.0 Å². The van der Waals surface area contributed by atoms with Gasteiger partial charge >= 0.3 is 5.97 Å². The molecule has 3 rings (SSSR count). The van der Waals surface area contributed by atoms with Gasteiger partial charge in [-0.25, -0.2) is 4.79 Å². The fourth-order valence-corrected chi connectivity index (χ4v) is 3.56. The van der Waals surface area contributed by atoms with Crippen molar-refractivity contribution in [3.63, 3.8) is 0 Å². The molecule has 2 aromatic rings. The van der Waals surface area contributed by atoms with Crippen LogP contribution in [0.5, 0.6) is 0 Å². The second-order valence-corrected chi connectivity index (χ2v) is 7.59. The van der Waals surface area contributed by atoms with Gasteiger partial charge in [0.2, 0.25) is 5.91 Å². The Morgan fingerprint density at radius 1 is 1.03 bits per heavy atom. The van der Waals surface area contributed by atoms with Gasteiger partial charge in [0.25, 0.3) is 0 Å². The van der Waals surface area contributed by atoms with Crippen molar-refractivity contribution < 1.29 is 14.3 Å². The second kappa shape index (κ2) is 10.4. The number of amides is 1. The number of nitrogens with one attached hydrogen (secondary N) is 1. The number of hydrogen-bond acceptors (Lipinski definition) is 5. The summed E-state index contributed by atoms with van der Waals surface area (Å²) < 4.78 is 4.72. The number of benzene rings is 2. The Hall–Kier alpha value is -2.41. The van der Waals surface area contributed by atoms with Crippen LogP contribution in [0.1, 0.15) is 22.3 Å². The van der Waals surface area contributed by atoms with E-state index >= 15 is 0 Å². The first kappa shape index (κ1) is 21.3. The van der Waals surface area contributed by atoms with Crippen LogP contribution >= 0.6 is 11.6 Å². The fraction of sp³-hybridized carbons (Fsp3) is 0.364. The maximum absolute atomic E-state index is 12.5. The zero-order chi connectivity index (χ0) is 20.6. The zero-order valence-electron chi connectivity index (χ0n) is 16.6. The van der Waals surface area contributed by atoms with Crippen molar-refractivity contribution in [3.8, 4) is 0 Å². The summed E-state index contributed by atoms with van der Waals surface area (Å²) in [6.45, 7) is 4.85. The molecule has 0 atom stereocenters. The van der Waals surface area contributed by atoms with Crippen molar-refractivity contribution in [2.24, 2.45) is 0 Å². The maximum Gasteiger partial charge on any atom is 0.337 e. The normalized spacial score (nSPS) is 15.5. The first-order chi connectivity index (χ1) is 14.0. The molecule has 0 aromatic heterocycles. The van der Waals surface area contributed by atoms with Crippen LogP contribution in [0.3, 0.4) is 0 Å². The highest BCUT2D eigenvalue weighted by Crippen LogP contribution is 2.14. The summed E-state index contributed by atoms with van der Waals surface area (Å²) in [4.78, 5) is 28.7. The number of carbonyl (C=O) groups is 2. The molecule has 1 saturated heterocycles. The monoisotopic (exact) mass is 415 g/mol. The van der Waals surface area contributed by atoms with E-state index in [0.717, 1.165) is 44.2 Å². The maximum atomic E-state index is 12.5. The summed E-state index contributed by atoms with van der Waals surface area (Å²) in [5.74, 6) is -0.507. The highest BCUT2D eigenvalue weighted by Gasteiger charge is 2.17. The lowest BCUT2D eigenvalue weighted by Crippen LogP contribution is -2.36. The molecule has 0 radical (unpaired) electrons. The van der Waals surface area contributed by atoms with Gasteiger partial charge in [-0.3, -0.25) is 14.6 Å². The average Bonchev–Trinajstić information content (AvgIpc) is 2.94. The number of hydrogen-bond donors (Lipinski definition) is 1.